The molecule has 0 N–H and O–H groups in total. The van der Waals surface area contributed by atoms with Crippen molar-refractivity contribution in [3.8, 4) is 44.5 Å². The fourth-order valence-electron chi connectivity index (χ4n) is 8.81. The minimum absolute atomic E-state index is 0.624. The average molecular weight is 841 g/mol. The van der Waals surface area contributed by atoms with E-state index in [1.807, 2.05) is 40.9 Å². The summed E-state index contributed by atoms with van der Waals surface area (Å²) >= 11 is 3.66. The minimum Gasteiger partial charge on any atom is -0.233 e. The van der Waals surface area contributed by atoms with Crippen LogP contribution in [0, 0.1) is 0 Å². The van der Waals surface area contributed by atoms with Crippen LogP contribution in [0.4, 0.5) is 0 Å². The van der Waals surface area contributed by atoms with Gasteiger partial charge in [-0.2, -0.15) is 0 Å². The maximum absolute atomic E-state index is 5.34. The Balaban J connectivity index is 0.972. The Morgan fingerprint density at radius 2 is 0.921 bits per heavy atom. The monoisotopic (exact) mass is 840 g/mol. The Morgan fingerprint density at radius 3 is 1.73 bits per heavy atom. The van der Waals surface area contributed by atoms with Crippen molar-refractivity contribution < 1.29 is 0 Å². The van der Waals surface area contributed by atoms with Gasteiger partial charge in [-0.1, -0.05) is 176 Å². The molecule has 0 fully saturated rings. The van der Waals surface area contributed by atoms with E-state index in [0.29, 0.717) is 11.5 Å². The van der Waals surface area contributed by atoms with Gasteiger partial charge in [0.05, 0.1) is 5.70 Å². The van der Waals surface area contributed by atoms with Crippen LogP contribution in [-0.4, -0.2) is 11.5 Å². The quantitative estimate of drug-likeness (QED) is 0.108. The van der Waals surface area contributed by atoms with E-state index >= 15 is 0 Å². The molecule has 0 aliphatic carbocycles. The molecular weight excluding hydrogens is 801 g/mol. The highest BCUT2D eigenvalue weighted by molar-refractivity contribution is 7.26. The van der Waals surface area contributed by atoms with Crippen LogP contribution in [0.5, 0.6) is 0 Å². The maximum Gasteiger partial charge on any atom is 0.160 e. The van der Waals surface area contributed by atoms with Crippen molar-refractivity contribution in [1.29, 1.82) is 0 Å². The molecule has 0 atom stereocenters. The Bertz CT molecular complexity index is 3590. The topological polar surface area (TPSA) is 24.7 Å². The van der Waals surface area contributed by atoms with Crippen LogP contribution in [0.3, 0.4) is 0 Å². The smallest absolute Gasteiger partial charge is 0.160 e. The van der Waals surface area contributed by atoms with Crippen molar-refractivity contribution in [3.63, 3.8) is 0 Å². The van der Waals surface area contributed by atoms with E-state index in [4.69, 9.17) is 9.98 Å². The lowest BCUT2D eigenvalue weighted by Gasteiger charge is -2.12. The summed E-state index contributed by atoms with van der Waals surface area (Å²) in [5.74, 6) is 0.624. The molecule has 0 aliphatic rings. The van der Waals surface area contributed by atoms with Gasteiger partial charge in [0.1, 0.15) is 0 Å². The molecule has 0 amide bonds. The second-order valence-corrected chi connectivity index (χ2v) is 18.0. The lowest BCUT2D eigenvalue weighted by Crippen LogP contribution is -2.04. The maximum atomic E-state index is 5.34. The largest absolute Gasteiger partial charge is 0.233 e. The van der Waals surface area contributed by atoms with Gasteiger partial charge in [0.25, 0.3) is 0 Å². The summed E-state index contributed by atoms with van der Waals surface area (Å²) in [6.07, 6.45) is 0. The predicted octanol–water partition coefficient (Wildman–Crippen LogP) is 17.0. The third-order valence-electron chi connectivity index (χ3n) is 11.9. The first kappa shape index (κ1) is 38.4. The minimum atomic E-state index is 0.624. The molecule has 2 aromatic heterocycles. The SMILES string of the molecule is C=C(N=C(N=C(C)c1cccc2sc3ccc(-c4cccc(-c5ccccc5-c5ccccc5)c4)cc3c12)c1ccccc1)c1cccc(-c2cccc3sc4ccccc4c23)c1. The zero-order valence-corrected chi connectivity index (χ0v) is 36.3. The molecule has 298 valence electrons. The molecule has 0 radical (unpaired) electrons. The van der Waals surface area contributed by atoms with Crippen molar-refractivity contribution in [2.24, 2.45) is 9.98 Å². The fourth-order valence-corrected chi connectivity index (χ4v) is 11.1. The van der Waals surface area contributed by atoms with Gasteiger partial charge >= 0.3 is 0 Å². The zero-order valence-electron chi connectivity index (χ0n) is 34.6. The molecule has 2 heterocycles. The molecule has 11 rings (SSSR count). The molecule has 0 unspecified atom stereocenters. The highest BCUT2D eigenvalue weighted by Crippen LogP contribution is 2.42. The van der Waals surface area contributed by atoms with E-state index in [1.54, 1.807) is 0 Å². The summed E-state index contributed by atoms with van der Waals surface area (Å²) < 4.78 is 5.05. The predicted molar refractivity (Wildman–Crippen MR) is 275 cm³/mol. The fraction of sp³-hybridized carbons (Fsp3) is 0.0169. The normalized spacial score (nSPS) is 12.1. The molecule has 0 aliphatic heterocycles. The third-order valence-corrected chi connectivity index (χ3v) is 14.1. The van der Waals surface area contributed by atoms with Gasteiger partial charge < -0.3 is 0 Å². The van der Waals surface area contributed by atoms with Crippen LogP contribution < -0.4 is 0 Å². The molecule has 11 aromatic rings. The number of nitrogens with zero attached hydrogens (tertiary/aromatic N) is 2. The third kappa shape index (κ3) is 7.29. The van der Waals surface area contributed by atoms with Gasteiger partial charge in [0.15, 0.2) is 5.84 Å². The van der Waals surface area contributed by atoms with E-state index in [1.165, 1.54) is 79.3 Å². The number of rotatable bonds is 8. The van der Waals surface area contributed by atoms with Gasteiger partial charge in [0, 0.05) is 62.7 Å². The van der Waals surface area contributed by atoms with Crippen LogP contribution in [0.2, 0.25) is 0 Å². The van der Waals surface area contributed by atoms with E-state index in [0.717, 1.165) is 28.0 Å². The van der Waals surface area contributed by atoms with Crippen LogP contribution in [-0.2, 0) is 0 Å². The highest BCUT2D eigenvalue weighted by atomic mass is 32.1. The average Bonchev–Trinajstić information content (AvgIpc) is 3.93. The van der Waals surface area contributed by atoms with Gasteiger partial charge in [-0.15, -0.1) is 22.7 Å². The number of benzene rings is 9. The van der Waals surface area contributed by atoms with Crippen LogP contribution in [0.15, 0.2) is 229 Å². The Morgan fingerprint density at radius 1 is 0.381 bits per heavy atom. The molecule has 63 heavy (non-hydrogen) atoms. The summed E-state index contributed by atoms with van der Waals surface area (Å²) in [6.45, 7) is 6.62. The number of hydrogen-bond acceptors (Lipinski definition) is 3. The summed E-state index contributed by atoms with van der Waals surface area (Å²) in [4.78, 5) is 10.5. The molecule has 4 heteroatoms. The van der Waals surface area contributed by atoms with Gasteiger partial charge in [-0.3, -0.25) is 0 Å². The summed E-state index contributed by atoms with van der Waals surface area (Å²) in [5, 5.41) is 5.00. The Labute approximate surface area is 375 Å². The first-order valence-electron chi connectivity index (χ1n) is 21.2. The van der Waals surface area contributed by atoms with Crippen LogP contribution >= 0.6 is 22.7 Å². The van der Waals surface area contributed by atoms with E-state index in [2.05, 4.69) is 208 Å². The molecule has 2 nitrogen and oxygen atoms in total. The number of hydrogen-bond donors (Lipinski definition) is 0. The van der Waals surface area contributed by atoms with Crippen molar-refractivity contribution in [1.82, 2.24) is 0 Å². The first-order valence-corrected chi connectivity index (χ1v) is 22.8. The standard InChI is InChI=1S/C59H40N2S2/c1-38(42-21-13-24-46(35-42)50-29-16-32-56-58(50)51-27-11-12-30-53(51)62-56)60-59(41-19-7-4-8-20-41)61-39(2)47-28-15-31-55-57(47)52-37-44(33-34-54(52)63-55)43-22-14-23-45(36-43)49-26-10-9-25-48(49)40-17-5-3-6-18-40/h3-37H,1H2,2H3. The van der Waals surface area contributed by atoms with Gasteiger partial charge in [-0.05, 0) is 93.9 Å². The lowest BCUT2D eigenvalue weighted by atomic mass is 9.92. The molecule has 0 spiro atoms. The molecule has 9 aromatic carbocycles. The van der Waals surface area contributed by atoms with Crippen LogP contribution in [0.1, 0.15) is 23.6 Å². The Kier molecular flexibility index (Phi) is 10.0. The van der Waals surface area contributed by atoms with Crippen molar-refractivity contribution in [2.75, 3.05) is 0 Å². The van der Waals surface area contributed by atoms with E-state index in [9.17, 15) is 0 Å². The highest BCUT2D eigenvalue weighted by Gasteiger charge is 2.16. The summed E-state index contributed by atoms with van der Waals surface area (Å²) in [6, 6.07) is 75.7. The number of aliphatic imine (C=N–C) groups is 2. The van der Waals surface area contributed by atoms with Crippen molar-refractivity contribution in [2.45, 2.75) is 6.92 Å². The van der Waals surface area contributed by atoms with Crippen molar-refractivity contribution >= 4 is 80.3 Å². The molecule has 0 saturated carbocycles. The Hall–Kier alpha value is -7.50. The summed E-state index contributed by atoms with van der Waals surface area (Å²) in [7, 11) is 0. The number of amidine groups is 1. The zero-order chi connectivity index (χ0) is 42.3. The lowest BCUT2D eigenvalue weighted by molar-refractivity contribution is 1.44. The molecule has 0 saturated heterocycles. The second-order valence-electron chi connectivity index (χ2n) is 15.8. The molecule has 0 bridgehead atoms. The molecular formula is C59H40N2S2. The van der Waals surface area contributed by atoms with Gasteiger partial charge in [0.2, 0.25) is 0 Å². The van der Waals surface area contributed by atoms with E-state index < -0.39 is 0 Å². The number of thiophene rings is 2. The summed E-state index contributed by atoms with van der Waals surface area (Å²) in [5.41, 5.74) is 14.1. The van der Waals surface area contributed by atoms with E-state index in [-0.39, 0.29) is 0 Å². The van der Waals surface area contributed by atoms with Gasteiger partial charge in [-0.25, -0.2) is 9.98 Å². The number of fused-ring (bicyclic) bond motifs is 6. The first-order chi connectivity index (χ1) is 31.1. The van der Waals surface area contributed by atoms with Crippen LogP contribution in [0.25, 0.3) is 90.5 Å². The second kappa shape index (κ2) is 16.4. The van der Waals surface area contributed by atoms with Crippen molar-refractivity contribution in [3.05, 3.63) is 236 Å².